The second kappa shape index (κ2) is 11.4. The lowest BCUT2D eigenvalue weighted by molar-refractivity contribution is -0.253. The van der Waals surface area contributed by atoms with Crippen LogP contribution < -0.4 is 5.73 Å². The average molecular weight is 475 g/mol. The van der Waals surface area contributed by atoms with Gasteiger partial charge in [-0.25, -0.2) is 0 Å². The van der Waals surface area contributed by atoms with Gasteiger partial charge in [-0.05, 0) is 33.9 Å². The topological polar surface area (TPSA) is 77.2 Å². The minimum absolute atomic E-state index is 0.0394. The summed E-state index contributed by atoms with van der Waals surface area (Å²) >= 11 is 0. The molecule has 0 spiro atoms. The highest BCUT2D eigenvalue weighted by Gasteiger charge is 2.33. The zero-order chi connectivity index (χ0) is 24.0. The molecule has 0 radical (unpaired) electrons. The summed E-state index contributed by atoms with van der Waals surface area (Å²) in [4.78, 5) is 2.41. The summed E-state index contributed by atoms with van der Waals surface area (Å²) < 4.78 is 18.5. The average Bonchev–Trinajstić information content (AvgIpc) is 2.93. The molecule has 0 amide bonds. The van der Waals surface area contributed by atoms with Crippen molar-refractivity contribution >= 4 is 0 Å². The van der Waals surface area contributed by atoms with Crippen LogP contribution in [0.1, 0.15) is 41.1 Å². The first-order valence-electron chi connectivity index (χ1n) is 12.4. The molecule has 184 valence electrons. The molecule has 3 N–H and O–H groups in total. The molecular formula is C29H34N2O4. The highest BCUT2D eigenvalue weighted by atomic mass is 16.7. The molecule has 3 atom stereocenters. The van der Waals surface area contributed by atoms with Gasteiger partial charge in [-0.3, -0.25) is 4.90 Å². The molecule has 0 unspecified atom stereocenters. The van der Waals surface area contributed by atoms with Gasteiger partial charge in [-0.15, -0.1) is 0 Å². The van der Waals surface area contributed by atoms with Crippen molar-refractivity contribution in [2.24, 2.45) is 5.73 Å². The molecule has 2 saturated heterocycles. The number of nitrogens with two attached hydrogens (primary N) is 1. The van der Waals surface area contributed by atoms with E-state index in [4.69, 9.17) is 19.9 Å². The van der Waals surface area contributed by atoms with Gasteiger partial charge in [0, 0.05) is 38.2 Å². The Morgan fingerprint density at radius 1 is 0.829 bits per heavy atom. The third-order valence-corrected chi connectivity index (χ3v) is 6.86. The number of nitrogens with zero attached hydrogens (tertiary/aromatic N) is 1. The first kappa shape index (κ1) is 24.1. The summed E-state index contributed by atoms with van der Waals surface area (Å²) in [5.41, 5.74) is 12.2. The molecule has 2 fully saturated rings. The second-order valence-corrected chi connectivity index (χ2v) is 9.29. The van der Waals surface area contributed by atoms with E-state index in [2.05, 4.69) is 53.4 Å². The van der Waals surface area contributed by atoms with Crippen molar-refractivity contribution in [3.05, 3.63) is 95.1 Å². The van der Waals surface area contributed by atoms with Gasteiger partial charge in [0.25, 0.3) is 0 Å². The standard InChI is InChI=1S/C29H34N2O4/c30-18-22-2-1-3-26(16-22)23-8-10-25(11-9-23)29-34-27(19-31-12-14-33-15-13-31)17-28(35-29)24-6-4-21(20-32)5-7-24/h1-11,16,27-29,32H,12-15,17-20,30H2/t27-,28+,29+/m1/s1. The van der Waals surface area contributed by atoms with Crippen LogP contribution in [0.4, 0.5) is 0 Å². The minimum Gasteiger partial charge on any atom is -0.392 e. The molecule has 6 heteroatoms. The van der Waals surface area contributed by atoms with E-state index in [1.54, 1.807) is 0 Å². The van der Waals surface area contributed by atoms with Crippen LogP contribution in [-0.2, 0) is 27.4 Å². The predicted molar refractivity (Wildman–Crippen MR) is 135 cm³/mol. The third kappa shape index (κ3) is 5.98. The van der Waals surface area contributed by atoms with Crippen molar-refractivity contribution in [3.8, 4) is 11.1 Å². The molecule has 2 aliphatic rings. The van der Waals surface area contributed by atoms with E-state index in [1.165, 1.54) is 0 Å². The number of aliphatic hydroxyl groups is 1. The molecule has 5 rings (SSSR count). The Morgan fingerprint density at radius 2 is 1.57 bits per heavy atom. The number of hydrogen-bond acceptors (Lipinski definition) is 6. The molecule has 6 nitrogen and oxygen atoms in total. The molecule has 2 heterocycles. The molecule has 0 bridgehead atoms. The maximum absolute atomic E-state index is 9.41. The fourth-order valence-corrected chi connectivity index (χ4v) is 4.82. The van der Waals surface area contributed by atoms with E-state index in [-0.39, 0.29) is 18.8 Å². The van der Waals surface area contributed by atoms with E-state index in [0.717, 1.165) is 72.6 Å². The largest absolute Gasteiger partial charge is 0.392 e. The number of morpholine rings is 1. The van der Waals surface area contributed by atoms with Crippen molar-refractivity contribution in [3.63, 3.8) is 0 Å². The van der Waals surface area contributed by atoms with Crippen LogP contribution in [0, 0.1) is 0 Å². The van der Waals surface area contributed by atoms with Crippen LogP contribution >= 0.6 is 0 Å². The van der Waals surface area contributed by atoms with Crippen LogP contribution in [0.5, 0.6) is 0 Å². The van der Waals surface area contributed by atoms with Crippen LogP contribution in [0.2, 0.25) is 0 Å². The fourth-order valence-electron chi connectivity index (χ4n) is 4.82. The van der Waals surface area contributed by atoms with Gasteiger partial charge < -0.3 is 25.1 Å². The molecule has 3 aromatic carbocycles. The van der Waals surface area contributed by atoms with Gasteiger partial charge in [-0.1, -0.05) is 66.7 Å². The zero-order valence-electron chi connectivity index (χ0n) is 20.0. The van der Waals surface area contributed by atoms with Crippen LogP contribution in [0.15, 0.2) is 72.8 Å². The van der Waals surface area contributed by atoms with Crippen molar-refractivity contribution in [1.29, 1.82) is 0 Å². The van der Waals surface area contributed by atoms with Crippen molar-refractivity contribution in [2.45, 2.75) is 38.1 Å². The maximum Gasteiger partial charge on any atom is 0.184 e. The minimum atomic E-state index is -0.443. The van der Waals surface area contributed by atoms with E-state index in [9.17, 15) is 5.11 Å². The molecule has 35 heavy (non-hydrogen) atoms. The summed E-state index contributed by atoms with van der Waals surface area (Å²) in [6.45, 7) is 4.82. The number of ether oxygens (including phenoxy) is 3. The Bertz CT molecular complexity index is 1080. The highest BCUT2D eigenvalue weighted by Crippen LogP contribution is 2.38. The van der Waals surface area contributed by atoms with Crippen molar-refractivity contribution in [2.75, 3.05) is 32.8 Å². The van der Waals surface area contributed by atoms with E-state index < -0.39 is 6.29 Å². The fraction of sp³-hybridized carbons (Fsp3) is 0.379. The predicted octanol–water partition coefficient (Wildman–Crippen LogP) is 4.18. The number of benzene rings is 3. The lowest BCUT2D eigenvalue weighted by Gasteiger charge is -2.39. The molecule has 0 aromatic heterocycles. The van der Waals surface area contributed by atoms with Crippen molar-refractivity contribution < 1.29 is 19.3 Å². The molecule has 3 aromatic rings. The summed E-state index contributed by atoms with van der Waals surface area (Å²) in [6.07, 6.45) is 0.321. The number of rotatable bonds is 7. The first-order chi connectivity index (χ1) is 17.2. The van der Waals surface area contributed by atoms with Crippen molar-refractivity contribution in [1.82, 2.24) is 4.90 Å². The Labute approximate surface area is 207 Å². The van der Waals surface area contributed by atoms with Gasteiger partial charge >= 0.3 is 0 Å². The maximum atomic E-state index is 9.41. The summed E-state index contributed by atoms with van der Waals surface area (Å²) in [6, 6.07) is 24.8. The zero-order valence-corrected chi connectivity index (χ0v) is 20.0. The van der Waals surface area contributed by atoms with Crippen LogP contribution in [0.25, 0.3) is 11.1 Å². The quantitative estimate of drug-likeness (QED) is 0.535. The lowest BCUT2D eigenvalue weighted by atomic mass is 9.99. The van der Waals surface area contributed by atoms with Crippen LogP contribution in [-0.4, -0.2) is 49.0 Å². The molecule has 0 saturated carbocycles. The Kier molecular flexibility index (Phi) is 7.88. The van der Waals surface area contributed by atoms with Gasteiger partial charge in [-0.2, -0.15) is 0 Å². The molecule has 2 aliphatic heterocycles. The van der Waals surface area contributed by atoms with Crippen LogP contribution in [0.3, 0.4) is 0 Å². The Hall–Kier alpha value is -2.58. The van der Waals surface area contributed by atoms with Gasteiger partial charge in [0.1, 0.15) is 0 Å². The first-order valence-corrected chi connectivity index (χ1v) is 12.4. The van der Waals surface area contributed by atoms with E-state index >= 15 is 0 Å². The van der Waals surface area contributed by atoms with E-state index in [1.807, 2.05) is 24.3 Å². The Morgan fingerprint density at radius 3 is 2.29 bits per heavy atom. The smallest absolute Gasteiger partial charge is 0.184 e. The van der Waals surface area contributed by atoms with E-state index in [0.29, 0.717) is 6.54 Å². The van der Waals surface area contributed by atoms with Gasteiger partial charge in [0.05, 0.1) is 32.0 Å². The molecule has 0 aliphatic carbocycles. The SMILES string of the molecule is NCc1cccc(-c2ccc([C@H]3O[C@@H](CN4CCOCC4)C[C@@H](c4ccc(CO)cc4)O3)cc2)c1. The van der Waals surface area contributed by atoms with Gasteiger partial charge in [0.2, 0.25) is 0 Å². The monoisotopic (exact) mass is 474 g/mol. The third-order valence-electron chi connectivity index (χ3n) is 6.86. The number of aliphatic hydroxyl groups excluding tert-OH is 1. The normalized spacial score (nSPS) is 23.3. The summed E-state index contributed by atoms with van der Waals surface area (Å²) in [5.74, 6) is 0. The highest BCUT2D eigenvalue weighted by molar-refractivity contribution is 5.64. The van der Waals surface area contributed by atoms with Gasteiger partial charge in [0.15, 0.2) is 6.29 Å². The number of hydrogen-bond donors (Lipinski definition) is 2. The Balaban J connectivity index is 1.36. The lowest BCUT2D eigenvalue weighted by Crippen LogP contribution is -2.44. The molecular weight excluding hydrogens is 440 g/mol. The summed E-state index contributed by atoms with van der Waals surface area (Å²) in [7, 11) is 0. The summed E-state index contributed by atoms with van der Waals surface area (Å²) in [5, 5.41) is 9.41. The second-order valence-electron chi connectivity index (χ2n) is 9.29.